The van der Waals surface area contributed by atoms with Gasteiger partial charge in [-0.25, -0.2) is 4.79 Å². The van der Waals surface area contributed by atoms with Gasteiger partial charge in [-0.1, -0.05) is 30.3 Å². The number of benzene rings is 1. The zero-order valence-corrected chi connectivity index (χ0v) is 15.0. The monoisotopic (exact) mass is 355 g/mol. The highest BCUT2D eigenvalue weighted by Gasteiger charge is 2.23. The molecule has 1 N–H and O–H groups in total. The molecule has 3 amide bonds. The van der Waals surface area contributed by atoms with Gasteiger partial charge in [0.2, 0.25) is 5.91 Å². The number of carbonyl (C=O) groups is 2. The van der Waals surface area contributed by atoms with Crippen LogP contribution in [0, 0.1) is 0 Å². The Morgan fingerprint density at radius 2 is 1.81 bits per heavy atom. The number of urea groups is 1. The predicted molar refractivity (Wildman–Crippen MR) is 98.4 cm³/mol. The van der Waals surface area contributed by atoms with E-state index in [4.69, 9.17) is 0 Å². The van der Waals surface area contributed by atoms with Crippen molar-refractivity contribution >= 4 is 11.9 Å². The summed E-state index contributed by atoms with van der Waals surface area (Å²) in [5.74, 6) is 0.0631. The zero-order chi connectivity index (χ0) is 18.4. The predicted octanol–water partition coefficient (Wildman–Crippen LogP) is 1.89. The number of hydrogen-bond donors (Lipinski definition) is 1. The smallest absolute Gasteiger partial charge is 0.318 e. The molecule has 0 aliphatic carbocycles. The first-order valence-electron chi connectivity index (χ1n) is 8.97. The lowest BCUT2D eigenvalue weighted by Crippen LogP contribution is -2.44. The maximum Gasteiger partial charge on any atom is 0.318 e. The molecule has 1 aliphatic rings. The summed E-state index contributed by atoms with van der Waals surface area (Å²) in [4.78, 5) is 28.0. The van der Waals surface area contributed by atoms with E-state index in [1.54, 1.807) is 22.9 Å². The van der Waals surface area contributed by atoms with Gasteiger partial charge in [-0.05, 0) is 18.1 Å². The number of nitrogens with zero attached hydrogens (tertiary/aromatic N) is 4. The Kier molecular flexibility index (Phi) is 5.88. The molecule has 0 bridgehead atoms. The van der Waals surface area contributed by atoms with Crippen molar-refractivity contribution in [3.63, 3.8) is 0 Å². The van der Waals surface area contributed by atoms with Gasteiger partial charge >= 0.3 is 6.03 Å². The van der Waals surface area contributed by atoms with E-state index in [1.165, 1.54) is 0 Å². The normalized spacial score (nSPS) is 16.0. The zero-order valence-electron chi connectivity index (χ0n) is 15.0. The van der Waals surface area contributed by atoms with Crippen molar-refractivity contribution < 1.29 is 9.59 Å². The molecule has 138 valence electrons. The molecule has 0 radical (unpaired) electrons. The molecule has 0 unspecified atom stereocenters. The molecule has 26 heavy (non-hydrogen) atoms. The summed E-state index contributed by atoms with van der Waals surface area (Å²) in [6, 6.07) is 11.5. The molecule has 2 aromatic rings. The van der Waals surface area contributed by atoms with Gasteiger partial charge in [-0.3, -0.25) is 9.48 Å². The van der Waals surface area contributed by atoms with Gasteiger partial charge in [0.25, 0.3) is 0 Å². The highest BCUT2D eigenvalue weighted by molar-refractivity contribution is 5.75. The SMILES string of the molecule is CC(=O)N1CCCN(C(=O)N[C@@H](Cn2cccn2)c2ccccc2)CC1. The standard InChI is InChI=1S/C19H25N5O2/c1-16(25)22-10-6-11-23(14-13-22)19(26)21-18(15-24-12-5-9-20-24)17-7-3-2-4-8-17/h2-5,7-9,12,18H,6,10-11,13-15H2,1H3,(H,21,26)/t18-/m0/s1. The average molecular weight is 355 g/mol. The van der Waals surface area contributed by atoms with Crippen LogP contribution in [-0.4, -0.2) is 57.7 Å². The number of amides is 3. The average Bonchev–Trinajstić information content (AvgIpc) is 3.02. The lowest BCUT2D eigenvalue weighted by molar-refractivity contribution is -0.128. The fourth-order valence-electron chi connectivity index (χ4n) is 3.19. The molecule has 3 rings (SSSR count). The first kappa shape index (κ1) is 18.0. The molecular formula is C19H25N5O2. The van der Waals surface area contributed by atoms with Crippen LogP contribution in [0.3, 0.4) is 0 Å². The molecular weight excluding hydrogens is 330 g/mol. The minimum atomic E-state index is -0.171. The van der Waals surface area contributed by atoms with Crippen LogP contribution in [0.25, 0.3) is 0 Å². The summed E-state index contributed by atoms with van der Waals surface area (Å²) in [6.07, 6.45) is 4.41. The highest BCUT2D eigenvalue weighted by Crippen LogP contribution is 2.16. The number of rotatable bonds is 4. The van der Waals surface area contributed by atoms with E-state index >= 15 is 0 Å². The third-order valence-corrected chi connectivity index (χ3v) is 4.66. The van der Waals surface area contributed by atoms with E-state index in [1.807, 2.05) is 47.3 Å². The van der Waals surface area contributed by atoms with Gasteiger partial charge in [0.15, 0.2) is 0 Å². The Morgan fingerprint density at radius 1 is 1.08 bits per heavy atom. The summed E-state index contributed by atoms with van der Waals surface area (Å²) in [7, 11) is 0. The molecule has 1 atom stereocenters. The Bertz CT molecular complexity index is 717. The van der Waals surface area contributed by atoms with Crippen molar-refractivity contribution in [3.8, 4) is 0 Å². The largest absolute Gasteiger partial charge is 0.341 e. The third kappa shape index (κ3) is 4.62. The van der Waals surface area contributed by atoms with Gasteiger partial charge in [0, 0.05) is 45.5 Å². The number of aromatic nitrogens is 2. The van der Waals surface area contributed by atoms with Gasteiger partial charge in [0.05, 0.1) is 12.6 Å². The van der Waals surface area contributed by atoms with Crippen molar-refractivity contribution in [3.05, 3.63) is 54.4 Å². The van der Waals surface area contributed by atoms with Crippen LogP contribution in [0.5, 0.6) is 0 Å². The fourth-order valence-corrected chi connectivity index (χ4v) is 3.19. The van der Waals surface area contributed by atoms with Crippen LogP contribution in [0.1, 0.15) is 24.9 Å². The van der Waals surface area contributed by atoms with Crippen LogP contribution < -0.4 is 5.32 Å². The second-order valence-corrected chi connectivity index (χ2v) is 6.49. The van der Waals surface area contributed by atoms with E-state index < -0.39 is 0 Å². The molecule has 1 saturated heterocycles. The summed E-state index contributed by atoms with van der Waals surface area (Å²) in [5.41, 5.74) is 1.04. The van der Waals surface area contributed by atoms with Crippen LogP contribution >= 0.6 is 0 Å². The van der Waals surface area contributed by atoms with Crippen molar-refractivity contribution in [2.75, 3.05) is 26.2 Å². The van der Waals surface area contributed by atoms with Crippen LogP contribution in [0.2, 0.25) is 0 Å². The molecule has 2 heterocycles. The van der Waals surface area contributed by atoms with Gasteiger partial charge < -0.3 is 15.1 Å². The fraction of sp³-hybridized carbons (Fsp3) is 0.421. The molecule has 1 aromatic carbocycles. The molecule has 7 nitrogen and oxygen atoms in total. The first-order chi connectivity index (χ1) is 12.6. The minimum absolute atomic E-state index is 0.0631. The third-order valence-electron chi connectivity index (χ3n) is 4.66. The molecule has 1 aliphatic heterocycles. The van der Waals surface area contributed by atoms with E-state index in [-0.39, 0.29) is 18.0 Å². The quantitative estimate of drug-likeness (QED) is 0.910. The number of nitrogens with one attached hydrogen (secondary N) is 1. The lowest BCUT2D eigenvalue weighted by Gasteiger charge is -2.26. The van der Waals surface area contributed by atoms with Crippen LogP contribution in [0.15, 0.2) is 48.8 Å². The maximum absolute atomic E-state index is 12.8. The Morgan fingerprint density at radius 3 is 2.50 bits per heavy atom. The Hall–Kier alpha value is -2.83. The molecule has 1 fully saturated rings. The van der Waals surface area contributed by atoms with Crippen molar-refractivity contribution in [2.45, 2.75) is 25.9 Å². The van der Waals surface area contributed by atoms with E-state index in [9.17, 15) is 9.59 Å². The second kappa shape index (κ2) is 8.51. The summed E-state index contributed by atoms with van der Waals surface area (Å²) in [5, 5.41) is 7.39. The lowest BCUT2D eigenvalue weighted by atomic mass is 10.1. The number of hydrogen-bond acceptors (Lipinski definition) is 3. The molecule has 7 heteroatoms. The van der Waals surface area contributed by atoms with Gasteiger partial charge in [0.1, 0.15) is 0 Å². The van der Waals surface area contributed by atoms with E-state index in [2.05, 4.69) is 10.4 Å². The topological polar surface area (TPSA) is 70.5 Å². The van der Waals surface area contributed by atoms with Crippen molar-refractivity contribution in [1.29, 1.82) is 0 Å². The minimum Gasteiger partial charge on any atom is -0.341 e. The van der Waals surface area contributed by atoms with Gasteiger partial charge in [-0.2, -0.15) is 5.10 Å². The van der Waals surface area contributed by atoms with Gasteiger partial charge in [-0.15, -0.1) is 0 Å². The number of carbonyl (C=O) groups excluding carboxylic acids is 2. The highest BCUT2D eigenvalue weighted by atomic mass is 16.2. The van der Waals surface area contributed by atoms with E-state index in [0.717, 1.165) is 12.0 Å². The van der Waals surface area contributed by atoms with Crippen molar-refractivity contribution in [2.24, 2.45) is 0 Å². The van der Waals surface area contributed by atoms with Crippen molar-refractivity contribution in [1.82, 2.24) is 24.9 Å². The second-order valence-electron chi connectivity index (χ2n) is 6.49. The van der Waals surface area contributed by atoms with Crippen LogP contribution in [-0.2, 0) is 11.3 Å². The maximum atomic E-state index is 12.8. The summed E-state index contributed by atoms with van der Waals surface area (Å²) >= 11 is 0. The molecule has 0 saturated carbocycles. The molecule has 1 aromatic heterocycles. The van der Waals surface area contributed by atoms with E-state index in [0.29, 0.717) is 32.7 Å². The first-order valence-corrected chi connectivity index (χ1v) is 8.97. The summed E-state index contributed by atoms with van der Waals surface area (Å²) in [6.45, 7) is 4.63. The Balaban J connectivity index is 1.68. The van der Waals surface area contributed by atoms with Crippen LogP contribution in [0.4, 0.5) is 4.79 Å². The summed E-state index contributed by atoms with van der Waals surface area (Å²) < 4.78 is 1.82. The Labute approximate surface area is 153 Å². The molecule has 0 spiro atoms.